The van der Waals surface area contributed by atoms with Crippen molar-refractivity contribution in [3.8, 4) is 27.9 Å². The molecule has 5 rings (SSSR count). The first-order valence-corrected chi connectivity index (χ1v) is 9.66. The summed E-state index contributed by atoms with van der Waals surface area (Å²) in [6, 6.07) is 34.4. The average Bonchev–Trinajstić information content (AvgIpc) is 2.80. The molecule has 2 nitrogen and oxygen atoms in total. The fourth-order valence-electron chi connectivity index (χ4n) is 3.71. The molecule has 0 aliphatic rings. The zero-order chi connectivity index (χ0) is 19.6. The molecule has 0 unspecified atom stereocenters. The highest BCUT2D eigenvalue weighted by Gasteiger charge is 2.12. The van der Waals surface area contributed by atoms with Gasteiger partial charge in [0.2, 0.25) is 0 Å². The smallest absolute Gasteiger partial charge is 0.197 e. The fourth-order valence-corrected chi connectivity index (χ4v) is 3.71. The van der Waals surface area contributed by atoms with Gasteiger partial charge in [-0.15, -0.1) is 0 Å². The first kappa shape index (κ1) is 17.2. The van der Waals surface area contributed by atoms with Crippen molar-refractivity contribution in [1.29, 1.82) is 0 Å². The third-order valence-corrected chi connectivity index (χ3v) is 5.23. The maximum Gasteiger partial charge on any atom is 0.197 e. The summed E-state index contributed by atoms with van der Waals surface area (Å²) in [7, 11) is 0. The fraction of sp³-hybridized carbons (Fsp3) is 0. The third kappa shape index (κ3) is 3.26. The summed E-state index contributed by atoms with van der Waals surface area (Å²) in [6.45, 7) is 0. The van der Waals surface area contributed by atoms with E-state index >= 15 is 0 Å². The number of benzene rings is 4. The predicted molar refractivity (Wildman–Crippen MR) is 120 cm³/mol. The van der Waals surface area contributed by atoms with Crippen LogP contribution >= 0.6 is 0 Å². The average molecular weight is 373 g/mol. The maximum absolute atomic E-state index is 13.4. The number of nitrogens with zero attached hydrogens (tertiary/aromatic N) is 1. The molecule has 0 aliphatic carbocycles. The summed E-state index contributed by atoms with van der Waals surface area (Å²) in [5, 5.41) is 2.37. The SMILES string of the molecule is O=c1c(-c2ccccc2)cn(-c2ccc3ccccc3c2)cc1-c1ccccc1. The molecule has 0 N–H and O–H groups in total. The van der Waals surface area contributed by atoms with Crippen LogP contribution in [0.25, 0.3) is 38.7 Å². The highest BCUT2D eigenvalue weighted by Crippen LogP contribution is 2.25. The lowest BCUT2D eigenvalue weighted by Gasteiger charge is -2.14. The van der Waals surface area contributed by atoms with Crippen LogP contribution in [0.15, 0.2) is 120 Å². The summed E-state index contributed by atoms with van der Waals surface area (Å²) in [5.74, 6) is 0. The van der Waals surface area contributed by atoms with Crippen molar-refractivity contribution >= 4 is 10.8 Å². The van der Waals surface area contributed by atoms with Gasteiger partial charge in [0.15, 0.2) is 5.43 Å². The Balaban J connectivity index is 1.78. The maximum atomic E-state index is 13.4. The van der Waals surface area contributed by atoms with Crippen LogP contribution in [-0.2, 0) is 0 Å². The van der Waals surface area contributed by atoms with Gasteiger partial charge in [-0.05, 0) is 34.0 Å². The summed E-state index contributed by atoms with van der Waals surface area (Å²) >= 11 is 0. The van der Waals surface area contributed by atoms with Gasteiger partial charge in [0.1, 0.15) is 0 Å². The Morgan fingerprint density at radius 3 is 1.62 bits per heavy atom. The zero-order valence-corrected chi connectivity index (χ0v) is 15.8. The standard InChI is InChI=1S/C27H19NO/c29-27-25(21-10-3-1-4-11-21)18-28(19-26(27)22-12-5-2-6-13-22)24-16-15-20-9-7-8-14-23(20)17-24/h1-19H. The Kier molecular flexibility index (Phi) is 4.30. The molecule has 1 aromatic heterocycles. The lowest BCUT2D eigenvalue weighted by molar-refractivity contribution is 1.05. The van der Waals surface area contributed by atoms with Crippen molar-refractivity contribution in [2.24, 2.45) is 0 Å². The van der Waals surface area contributed by atoms with Crippen LogP contribution < -0.4 is 5.43 Å². The van der Waals surface area contributed by atoms with Gasteiger partial charge in [0.05, 0.1) is 0 Å². The monoisotopic (exact) mass is 373 g/mol. The van der Waals surface area contributed by atoms with Gasteiger partial charge < -0.3 is 4.57 Å². The number of rotatable bonds is 3. The predicted octanol–water partition coefficient (Wildman–Crippen LogP) is 6.32. The van der Waals surface area contributed by atoms with Crippen LogP contribution in [0.1, 0.15) is 0 Å². The van der Waals surface area contributed by atoms with Crippen LogP contribution in [0, 0.1) is 0 Å². The molecule has 5 aromatic rings. The molecule has 4 aromatic carbocycles. The highest BCUT2D eigenvalue weighted by atomic mass is 16.1. The van der Waals surface area contributed by atoms with E-state index in [1.807, 2.05) is 85.2 Å². The Morgan fingerprint density at radius 2 is 1.03 bits per heavy atom. The van der Waals surface area contributed by atoms with E-state index in [-0.39, 0.29) is 5.43 Å². The number of pyridine rings is 1. The topological polar surface area (TPSA) is 22.0 Å². The molecule has 2 heteroatoms. The Labute approximate surface area is 169 Å². The molecule has 0 bridgehead atoms. The van der Waals surface area contributed by atoms with Gasteiger partial charge in [-0.3, -0.25) is 4.79 Å². The second kappa shape index (κ2) is 7.25. The molecular formula is C27H19NO. The van der Waals surface area contributed by atoms with E-state index in [0.717, 1.165) is 16.8 Å². The van der Waals surface area contributed by atoms with Gasteiger partial charge in [-0.1, -0.05) is 91.0 Å². The number of fused-ring (bicyclic) bond motifs is 1. The van der Waals surface area contributed by atoms with E-state index in [0.29, 0.717) is 11.1 Å². The van der Waals surface area contributed by atoms with Gasteiger partial charge in [0, 0.05) is 29.2 Å². The second-order valence-electron chi connectivity index (χ2n) is 7.09. The molecule has 0 saturated heterocycles. The first-order valence-electron chi connectivity index (χ1n) is 9.66. The summed E-state index contributed by atoms with van der Waals surface area (Å²) in [4.78, 5) is 13.4. The zero-order valence-electron chi connectivity index (χ0n) is 15.8. The highest BCUT2D eigenvalue weighted by molar-refractivity contribution is 5.84. The molecule has 29 heavy (non-hydrogen) atoms. The van der Waals surface area contributed by atoms with Gasteiger partial charge in [-0.25, -0.2) is 0 Å². The molecule has 0 spiro atoms. The quantitative estimate of drug-likeness (QED) is 0.362. The van der Waals surface area contributed by atoms with Crippen molar-refractivity contribution in [1.82, 2.24) is 4.57 Å². The number of aromatic nitrogens is 1. The largest absolute Gasteiger partial charge is 0.322 e. The molecule has 1 heterocycles. The lowest BCUT2D eigenvalue weighted by Crippen LogP contribution is -2.12. The summed E-state index contributed by atoms with van der Waals surface area (Å²) in [6.07, 6.45) is 3.88. The third-order valence-electron chi connectivity index (χ3n) is 5.23. The van der Waals surface area contributed by atoms with Crippen molar-refractivity contribution in [3.63, 3.8) is 0 Å². The van der Waals surface area contributed by atoms with E-state index in [9.17, 15) is 4.79 Å². The molecule has 0 amide bonds. The molecule has 0 fully saturated rings. The minimum atomic E-state index is 0.0411. The molecule has 0 atom stereocenters. The van der Waals surface area contributed by atoms with Crippen LogP contribution in [0.3, 0.4) is 0 Å². The minimum Gasteiger partial charge on any atom is -0.322 e. The first-order chi connectivity index (χ1) is 14.3. The normalized spacial score (nSPS) is 10.9. The van der Waals surface area contributed by atoms with Crippen molar-refractivity contribution < 1.29 is 0 Å². The Bertz CT molecular complexity index is 1290. The summed E-state index contributed by atoms with van der Waals surface area (Å²) < 4.78 is 2.05. The van der Waals surface area contributed by atoms with E-state index in [4.69, 9.17) is 0 Å². The van der Waals surface area contributed by atoms with Crippen molar-refractivity contribution in [2.75, 3.05) is 0 Å². The van der Waals surface area contributed by atoms with E-state index in [1.54, 1.807) is 0 Å². The molecular weight excluding hydrogens is 354 g/mol. The Hall–Kier alpha value is -3.91. The van der Waals surface area contributed by atoms with Gasteiger partial charge in [-0.2, -0.15) is 0 Å². The van der Waals surface area contributed by atoms with E-state index < -0.39 is 0 Å². The number of hydrogen-bond donors (Lipinski definition) is 0. The summed E-state index contributed by atoms with van der Waals surface area (Å²) in [5.41, 5.74) is 4.30. The minimum absolute atomic E-state index is 0.0411. The molecule has 138 valence electrons. The van der Waals surface area contributed by atoms with Gasteiger partial charge >= 0.3 is 0 Å². The second-order valence-corrected chi connectivity index (χ2v) is 7.09. The van der Waals surface area contributed by atoms with E-state index in [2.05, 4.69) is 34.9 Å². The van der Waals surface area contributed by atoms with E-state index in [1.165, 1.54) is 10.8 Å². The van der Waals surface area contributed by atoms with Crippen LogP contribution in [-0.4, -0.2) is 4.57 Å². The van der Waals surface area contributed by atoms with Gasteiger partial charge in [0.25, 0.3) is 0 Å². The molecule has 0 radical (unpaired) electrons. The van der Waals surface area contributed by atoms with Crippen LogP contribution in [0.4, 0.5) is 0 Å². The van der Waals surface area contributed by atoms with Crippen molar-refractivity contribution in [2.45, 2.75) is 0 Å². The van der Waals surface area contributed by atoms with Crippen LogP contribution in [0.5, 0.6) is 0 Å². The lowest BCUT2D eigenvalue weighted by atomic mass is 10.0. The Morgan fingerprint density at radius 1 is 0.517 bits per heavy atom. The van der Waals surface area contributed by atoms with Crippen molar-refractivity contribution in [3.05, 3.63) is 126 Å². The van der Waals surface area contributed by atoms with Crippen LogP contribution in [0.2, 0.25) is 0 Å². The number of hydrogen-bond acceptors (Lipinski definition) is 1. The molecule has 0 saturated carbocycles. The molecule has 0 aliphatic heterocycles.